The predicted octanol–water partition coefficient (Wildman–Crippen LogP) is 9.14. The molecule has 0 aliphatic carbocycles. The van der Waals surface area contributed by atoms with E-state index in [1.165, 1.54) is 17.4 Å². The number of hydrogen-bond donors (Lipinski definition) is 1. The molecule has 259 valence electrons. The largest absolute Gasteiger partial charge is 0.506 e. The zero-order chi connectivity index (χ0) is 35.8. The number of alkyl halides is 3. The quantitative estimate of drug-likeness (QED) is 0.138. The molecule has 6 aromatic carbocycles. The molecule has 0 unspecified atom stereocenters. The molecule has 2 aromatic heterocycles. The number of hydrogen-bond acceptors (Lipinski definition) is 5. The summed E-state index contributed by atoms with van der Waals surface area (Å²) in [6, 6.07) is 47.9. The summed E-state index contributed by atoms with van der Waals surface area (Å²) in [5, 5.41) is 15.0. The Balaban J connectivity index is 0.000000192. The number of nitrogens with zero attached hydrogens (tertiary/aromatic N) is 1. The van der Waals surface area contributed by atoms with Crippen LogP contribution in [0, 0.1) is 49.4 Å². The van der Waals surface area contributed by atoms with Crippen LogP contribution in [0.5, 0.6) is 5.75 Å². The van der Waals surface area contributed by atoms with Gasteiger partial charge in [-0.25, -0.2) is 0 Å². The smallest absolute Gasteiger partial charge is 0.455 e. The van der Waals surface area contributed by atoms with E-state index < -0.39 is 36.0 Å². The molecule has 0 fully saturated rings. The van der Waals surface area contributed by atoms with Crippen LogP contribution in [0.2, 0.25) is 0 Å². The van der Waals surface area contributed by atoms with Crippen molar-refractivity contribution in [3.63, 3.8) is 0 Å². The minimum Gasteiger partial charge on any atom is -0.506 e. The summed E-state index contributed by atoms with van der Waals surface area (Å²) in [6.07, 6.45) is -5.31. The van der Waals surface area contributed by atoms with Crippen molar-refractivity contribution in [3.05, 3.63) is 174 Å². The number of rotatable bonds is 5. The molecule has 8 rings (SSSR count). The van der Waals surface area contributed by atoms with Gasteiger partial charge in [0.1, 0.15) is 11.3 Å². The fourth-order valence-corrected chi connectivity index (χ4v) is 10.1. The van der Waals surface area contributed by atoms with Crippen LogP contribution in [0.3, 0.4) is 0 Å². The first-order chi connectivity index (χ1) is 24.6. The first kappa shape index (κ1) is 37.6. The first-order valence-electron chi connectivity index (χ1n) is 15.8. The maximum Gasteiger partial charge on any atom is 0.455 e. The molecule has 0 aliphatic heterocycles. The number of pyridine rings is 1. The Morgan fingerprint density at radius 2 is 1.06 bits per heavy atom. The molecule has 5 nitrogen and oxygen atoms in total. The maximum atomic E-state index is 13.8. The third-order valence-electron chi connectivity index (χ3n) is 8.51. The van der Waals surface area contributed by atoms with Gasteiger partial charge in [-0.15, -0.1) is 11.3 Å². The summed E-state index contributed by atoms with van der Waals surface area (Å²) < 4.78 is 56.1. The SMILES string of the molecule is O=C(c1c(O)c2ccc3c4ccccc4sc3c2n(-c2ccccc2)c1=O)C(F)(F)F.O=P(c1ccccc1)(c1ccccc1)c1ccccc1.[Eu]. The van der Waals surface area contributed by atoms with Crippen molar-refractivity contribution < 1.29 is 77.0 Å². The number of benzene rings is 6. The van der Waals surface area contributed by atoms with E-state index in [4.69, 9.17) is 0 Å². The Labute approximate surface area is 340 Å². The van der Waals surface area contributed by atoms with Crippen molar-refractivity contribution in [1.29, 1.82) is 0 Å². The van der Waals surface area contributed by atoms with Crippen LogP contribution in [-0.4, -0.2) is 21.6 Å². The molecule has 11 heteroatoms. The number of Topliss-reactive ketones (excluding diaryl/α,β-unsaturated/α-hetero) is 1. The Kier molecular flexibility index (Phi) is 11.2. The average Bonchev–Trinajstić information content (AvgIpc) is 3.55. The van der Waals surface area contributed by atoms with E-state index in [1.807, 2.05) is 115 Å². The monoisotopic (exact) mass is 870 g/mol. The van der Waals surface area contributed by atoms with Gasteiger partial charge in [0.2, 0.25) is 0 Å². The van der Waals surface area contributed by atoms with Gasteiger partial charge < -0.3 is 9.67 Å². The van der Waals surface area contributed by atoms with Gasteiger partial charge in [0.05, 0.1) is 10.2 Å². The van der Waals surface area contributed by atoms with Crippen molar-refractivity contribution in [2.45, 2.75) is 6.18 Å². The van der Waals surface area contributed by atoms with E-state index >= 15 is 0 Å². The van der Waals surface area contributed by atoms with Crippen LogP contribution < -0.4 is 21.5 Å². The van der Waals surface area contributed by atoms with Crippen molar-refractivity contribution in [2.75, 3.05) is 0 Å². The van der Waals surface area contributed by atoms with Gasteiger partial charge in [-0.1, -0.05) is 133 Å². The van der Waals surface area contributed by atoms with E-state index in [-0.39, 0.29) is 60.3 Å². The van der Waals surface area contributed by atoms with Crippen LogP contribution in [-0.2, 0) is 4.57 Å². The van der Waals surface area contributed by atoms with Gasteiger partial charge in [-0.2, -0.15) is 13.2 Å². The van der Waals surface area contributed by atoms with E-state index in [0.717, 1.165) is 36.0 Å². The summed E-state index contributed by atoms with van der Waals surface area (Å²) in [6.45, 7) is 0. The molecule has 0 saturated carbocycles. The van der Waals surface area contributed by atoms with E-state index in [0.29, 0.717) is 10.4 Å². The summed E-state index contributed by atoms with van der Waals surface area (Å²) in [5.41, 5.74) is -1.96. The fraction of sp³-hybridized carbons (Fsp3) is 0.0244. The van der Waals surface area contributed by atoms with E-state index in [1.54, 1.807) is 36.4 Å². The predicted molar refractivity (Wildman–Crippen MR) is 200 cm³/mol. The summed E-state index contributed by atoms with van der Waals surface area (Å²) in [5.74, 6) is -3.34. The van der Waals surface area contributed by atoms with Crippen molar-refractivity contribution in [3.8, 4) is 11.4 Å². The molecule has 1 radical (unpaired) electrons. The topological polar surface area (TPSA) is 76.4 Å². The summed E-state index contributed by atoms with van der Waals surface area (Å²) >= 11 is 1.36. The Hall–Kier alpha value is -4.18. The Morgan fingerprint density at radius 3 is 1.56 bits per heavy atom. The molecule has 52 heavy (non-hydrogen) atoms. The van der Waals surface area contributed by atoms with Gasteiger partial charge in [0, 0.05) is 91.8 Å². The number of aromatic hydroxyl groups is 1. The molecule has 0 saturated heterocycles. The van der Waals surface area contributed by atoms with E-state index in [9.17, 15) is 32.4 Å². The number of fused-ring (bicyclic) bond motifs is 5. The van der Waals surface area contributed by atoms with Crippen LogP contribution in [0.4, 0.5) is 13.2 Å². The van der Waals surface area contributed by atoms with Crippen molar-refractivity contribution in [2.24, 2.45) is 0 Å². The molecule has 0 spiro atoms. The zero-order valence-electron chi connectivity index (χ0n) is 27.0. The Bertz CT molecular complexity index is 2550. The molecule has 0 amide bonds. The third kappa shape index (κ3) is 6.86. The van der Waals surface area contributed by atoms with Crippen LogP contribution in [0.25, 0.3) is 36.8 Å². The third-order valence-corrected chi connectivity index (χ3v) is 12.8. The normalized spacial score (nSPS) is 11.5. The molecule has 0 atom stereocenters. The van der Waals surface area contributed by atoms with Crippen molar-refractivity contribution >= 4 is 71.3 Å². The molecule has 0 bridgehead atoms. The number of thiophene rings is 1. The number of halogens is 3. The van der Waals surface area contributed by atoms with Crippen LogP contribution in [0.15, 0.2) is 163 Å². The molecule has 0 aliphatic rings. The van der Waals surface area contributed by atoms with Gasteiger partial charge >= 0.3 is 6.18 Å². The summed E-state index contributed by atoms with van der Waals surface area (Å²) in [4.78, 5) is 25.3. The second-order valence-electron chi connectivity index (χ2n) is 11.6. The van der Waals surface area contributed by atoms with Gasteiger partial charge in [-0.05, 0) is 24.3 Å². The number of para-hydroxylation sites is 1. The second-order valence-corrected chi connectivity index (χ2v) is 15.4. The van der Waals surface area contributed by atoms with Crippen LogP contribution in [0.1, 0.15) is 10.4 Å². The molecular weight excluding hydrogens is 842 g/mol. The molecule has 8 aromatic rings. The number of aromatic nitrogens is 1. The molecular formula is C41H27EuF3NO4PS. The summed E-state index contributed by atoms with van der Waals surface area (Å²) in [7, 11) is -2.78. The average molecular weight is 870 g/mol. The van der Waals surface area contributed by atoms with E-state index in [2.05, 4.69) is 0 Å². The van der Waals surface area contributed by atoms with Crippen LogP contribution >= 0.6 is 18.5 Å². The fourth-order valence-electron chi connectivity index (χ4n) is 6.17. The van der Waals surface area contributed by atoms with Crippen molar-refractivity contribution in [1.82, 2.24) is 4.57 Å². The minimum atomic E-state index is -5.31. The van der Waals surface area contributed by atoms with Gasteiger partial charge in [-0.3, -0.25) is 14.2 Å². The van der Waals surface area contributed by atoms with Gasteiger partial charge in [0.15, 0.2) is 7.14 Å². The van der Waals surface area contributed by atoms with Gasteiger partial charge in [0.25, 0.3) is 11.3 Å². The zero-order valence-corrected chi connectivity index (χ0v) is 31.1. The minimum absolute atomic E-state index is 0. The first-order valence-corrected chi connectivity index (χ1v) is 18.3. The Morgan fingerprint density at radius 1 is 0.615 bits per heavy atom. The number of ketones is 1. The standard InChI is InChI=1S/C23H12F3NO3S.C18H15OP.Eu/c24-23(25,26)21(29)17-19(28)15-11-10-14-13-8-4-5-9-16(13)31-20(14)18(15)27(22(17)30)12-6-2-1-3-7-12;19-20(16-10-4-1-5-11-16,17-12-6-2-7-13-17)18-14-8-3-9-15-18;/h1-11,28H;1-15H;. The second kappa shape index (κ2) is 15.4. The number of carbonyl (C=O) groups is 1. The number of carbonyl (C=O) groups excluding carboxylic acids is 1. The molecule has 1 N–H and O–H groups in total. The molecule has 2 heterocycles. The maximum absolute atomic E-state index is 13.8.